The number of aliphatic hydroxyl groups excluding tert-OH is 1. The van der Waals surface area contributed by atoms with Crippen LogP contribution in [0.2, 0.25) is 5.02 Å². The summed E-state index contributed by atoms with van der Waals surface area (Å²) in [5.41, 5.74) is 4.45. The van der Waals surface area contributed by atoms with Crippen molar-refractivity contribution in [3.05, 3.63) is 58.1 Å². The van der Waals surface area contributed by atoms with Crippen molar-refractivity contribution < 1.29 is 14.6 Å². The average Bonchev–Trinajstić information content (AvgIpc) is 3.14. The number of thiazole rings is 1. The van der Waals surface area contributed by atoms with E-state index in [0.717, 1.165) is 21.8 Å². The van der Waals surface area contributed by atoms with Crippen molar-refractivity contribution in [3.63, 3.8) is 0 Å². The van der Waals surface area contributed by atoms with Gasteiger partial charge in [-0.3, -0.25) is 15.1 Å². The number of piperazine rings is 1. The standard InChI is InChI=1S/C23H27ClN4O3S/c1-15-12-28(26-23(30)17-3-5-18(24)6-4-17)10-9-27(15)13-19(29)14-31-20-7-8-22-21(11-20)25-16(2)32-22/h3-8,11,15,19,29H,9-10,12-14H2,1-2H3,(H,26,30)/t15-,19+/m0/s1. The van der Waals surface area contributed by atoms with Crippen LogP contribution >= 0.6 is 22.9 Å². The van der Waals surface area contributed by atoms with Gasteiger partial charge in [0.15, 0.2) is 0 Å². The highest BCUT2D eigenvalue weighted by atomic mass is 35.5. The fraction of sp³-hybridized carbons (Fsp3) is 0.391. The van der Waals surface area contributed by atoms with Crippen molar-refractivity contribution in [2.75, 3.05) is 32.8 Å². The van der Waals surface area contributed by atoms with Crippen LogP contribution in [0.3, 0.4) is 0 Å². The van der Waals surface area contributed by atoms with Crippen LogP contribution < -0.4 is 10.2 Å². The Kier molecular flexibility index (Phi) is 7.27. The van der Waals surface area contributed by atoms with Gasteiger partial charge in [0.05, 0.1) is 15.2 Å². The number of ether oxygens (including phenoxy) is 1. The van der Waals surface area contributed by atoms with Gasteiger partial charge in [0.1, 0.15) is 18.5 Å². The summed E-state index contributed by atoms with van der Waals surface area (Å²) in [6.07, 6.45) is -0.611. The molecule has 1 aliphatic heterocycles. The third kappa shape index (κ3) is 5.76. The normalized spacial score (nSPS) is 18.6. The van der Waals surface area contributed by atoms with Crippen molar-refractivity contribution in [2.45, 2.75) is 26.0 Å². The zero-order chi connectivity index (χ0) is 22.7. The molecule has 2 atom stereocenters. The van der Waals surface area contributed by atoms with Gasteiger partial charge in [-0.1, -0.05) is 11.6 Å². The van der Waals surface area contributed by atoms with E-state index in [1.807, 2.05) is 30.1 Å². The molecule has 1 aliphatic rings. The second-order valence-corrected chi connectivity index (χ2v) is 9.74. The van der Waals surface area contributed by atoms with Crippen LogP contribution in [0.4, 0.5) is 0 Å². The van der Waals surface area contributed by atoms with Gasteiger partial charge in [-0.2, -0.15) is 0 Å². The molecular formula is C23H27ClN4O3S. The predicted molar refractivity (Wildman–Crippen MR) is 127 cm³/mol. The lowest BCUT2D eigenvalue weighted by Gasteiger charge is -2.40. The van der Waals surface area contributed by atoms with Crippen LogP contribution in [-0.4, -0.2) is 70.8 Å². The summed E-state index contributed by atoms with van der Waals surface area (Å²) in [6.45, 7) is 6.89. The molecule has 0 saturated carbocycles. The summed E-state index contributed by atoms with van der Waals surface area (Å²) in [5, 5.41) is 14.1. The third-order valence-corrected chi connectivity index (χ3v) is 6.69. The molecule has 7 nitrogen and oxygen atoms in total. The van der Waals surface area contributed by atoms with E-state index < -0.39 is 6.10 Å². The highest BCUT2D eigenvalue weighted by Gasteiger charge is 2.26. The van der Waals surface area contributed by atoms with E-state index in [-0.39, 0.29) is 18.6 Å². The fourth-order valence-corrected chi connectivity index (χ4v) is 4.74. The second kappa shape index (κ2) is 10.1. The summed E-state index contributed by atoms with van der Waals surface area (Å²) < 4.78 is 6.93. The maximum atomic E-state index is 12.4. The zero-order valence-electron chi connectivity index (χ0n) is 18.1. The molecule has 0 aliphatic carbocycles. The van der Waals surface area contributed by atoms with E-state index >= 15 is 0 Å². The maximum absolute atomic E-state index is 12.4. The Morgan fingerprint density at radius 1 is 1.31 bits per heavy atom. The second-order valence-electron chi connectivity index (χ2n) is 8.07. The van der Waals surface area contributed by atoms with Gasteiger partial charge in [-0.15, -0.1) is 11.3 Å². The van der Waals surface area contributed by atoms with Gasteiger partial charge in [-0.05, 0) is 50.2 Å². The van der Waals surface area contributed by atoms with Crippen molar-refractivity contribution in [1.29, 1.82) is 0 Å². The van der Waals surface area contributed by atoms with E-state index in [4.69, 9.17) is 16.3 Å². The molecule has 170 valence electrons. The minimum absolute atomic E-state index is 0.150. The summed E-state index contributed by atoms with van der Waals surface area (Å²) in [4.78, 5) is 19.1. The summed E-state index contributed by atoms with van der Waals surface area (Å²) in [5.74, 6) is 0.563. The Morgan fingerprint density at radius 2 is 2.09 bits per heavy atom. The molecule has 1 saturated heterocycles. The number of carbonyl (C=O) groups excluding carboxylic acids is 1. The number of nitrogens with one attached hydrogen (secondary N) is 1. The lowest BCUT2D eigenvalue weighted by molar-refractivity contribution is 0.00755. The Hall–Kier alpha value is -2.23. The van der Waals surface area contributed by atoms with Gasteiger partial charge in [0.25, 0.3) is 5.91 Å². The van der Waals surface area contributed by atoms with Crippen molar-refractivity contribution >= 4 is 39.1 Å². The summed E-state index contributed by atoms with van der Waals surface area (Å²) >= 11 is 7.54. The van der Waals surface area contributed by atoms with Crippen LogP contribution in [0.1, 0.15) is 22.3 Å². The van der Waals surface area contributed by atoms with Gasteiger partial charge in [0.2, 0.25) is 0 Å². The first-order valence-electron chi connectivity index (χ1n) is 10.6. The molecule has 9 heteroatoms. The summed E-state index contributed by atoms with van der Waals surface area (Å²) in [6, 6.07) is 12.8. The number of hydrogen-bond donors (Lipinski definition) is 2. The predicted octanol–water partition coefficient (Wildman–Crippen LogP) is 3.35. The minimum Gasteiger partial charge on any atom is -0.491 e. The van der Waals surface area contributed by atoms with Crippen LogP contribution in [0.25, 0.3) is 10.2 Å². The topological polar surface area (TPSA) is 77.9 Å². The maximum Gasteiger partial charge on any atom is 0.265 e. The van der Waals surface area contributed by atoms with Crippen molar-refractivity contribution in [2.24, 2.45) is 0 Å². The minimum atomic E-state index is -0.611. The van der Waals surface area contributed by atoms with Crippen LogP contribution in [0.5, 0.6) is 5.75 Å². The number of fused-ring (bicyclic) bond motifs is 1. The highest BCUT2D eigenvalue weighted by molar-refractivity contribution is 7.18. The number of rotatable bonds is 7. The van der Waals surface area contributed by atoms with Gasteiger partial charge in [0, 0.05) is 48.9 Å². The molecule has 1 aromatic heterocycles. The van der Waals surface area contributed by atoms with Crippen molar-refractivity contribution in [1.82, 2.24) is 20.3 Å². The smallest absolute Gasteiger partial charge is 0.265 e. The molecule has 2 heterocycles. The fourth-order valence-electron chi connectivity index (χ4n) is 3.81. The largest absolute Gasteiger partial charge is 0.491 e. The van der Waals surface area contributed by atoms with Crippen LogP contribution in [-0.2, 0) is 0 Å². The molecule has 3 aromatic rings. The first-order chi connectivity index (χ1) is 15.4. The Labute approximate surface area is 196 Å². The molecule has 0 radical (unpaired) electrons. The van der Waals surface area contributed by atoms with E-state index in [2.05, 4.69) is 22.2 Å². The summed E-state index contributed by atoms with van der Waals surface area (Å²) in [7, 11) is 0. The Morgan fingerprint density at radius 3 is 2.84 bits per heavy atom. The molecule has 1 amide bonds. The third-order valence-electron chi connectivity index (χ3n) is 5.48. The quantitative estimate of drug-likeness (QED) is 0.547. The number of hydrogen-bond acceptors (Lipinski definition) is 7. The molecule has 0 unspecified atom stereocenters. The number of benzene rings is 2. The molecule has 2 N–H and O–H groups in total. The molecule has 2 aromatic carbocycles. The van der Waals surface area contributed by atoms with E-state index in [0.29, 0.717) is 36.0 Å². The number of amides is 1. The molecular weight excluding hydrogens is 448 g/mol. The Balaban J connectivity index is 1.23. The number of carbonyl (C=O) groups is 1. The first-order valence-corrected chi connectivity index (χ1v) is 11.8. The van der Waals surface area contributed by atoms with Gasteiger partial charge < -0.3 is 9.84 Å². The molecule has 4 rings (SSSR count). The monoisotopic (exact) mass is 474 g/mol. The molecule has 0 bridgehead atoms. The lowest BCUT2D eigenvalue weighted by Crippen LogP contribution is -2.58. The number of β-amino-alcohol motifs (C(OH)–C–C–N with tert-alkyl or cyclic N) is 1. The number of nitrogens with zero attached hydrogens (tertiary/aromatic N) is 3. The van der Waals surface area contributed by atoms with E-state index in [1.54, 1.807) is 35.6 Å². The number of halogens is 1. The molecule has 0 spiro atoms. The van der Waals surface area contributed by atoms with E-state index in [1.165, 1.54) is 0 Å². The SMILES string of the molecule is Cc1nc2cc(OC[C@H](O)CN3CCN(NC(=O)c4ccc(Cl)cc4)C[C@@H]3C)ccc2s1. The highest BCUT2D eigenvalue weighted by Crippen LogP contribution is 2.25. The molecule has 1 fully saturated rings. The van der Waals surface area contributed by atoms with E-state index in [9.17, 15) is 9.90 Å². The van der Waals surface area contributed by atoms with Crippen molar-refractivity contribution in [3.8, 4) is 5.75 Å². The van der Waals surface area contributed by atoms with Crippen LogP contribution in [0.15, 0.2) is 42.5 Å². The van der Waals surface area contributed by atoms with Crippen LogP contribution in [0, 0.1) is 6.92 Å². The number of hydrazine groups is 1. The molecule has 32 heavy (non-hydrogen) atoms. The average molecular weight is 475 g/mol. The lowest BCUT2D eigenvalue weighted by atomic mass is 10.2. The Bertz CT molecular complexity index is 1070. The number of aliphatic hydroxyl groups is 1. The number of aromatic nitrogens is 1. The first kappa shape index (κ1) is 22.9. The van der Waals surface area contributed by atoms with Gasteiger partial charge in [-0.25, -0.2) is 9.99 Å². The van der Waals surface area contributed by atoms with Gasteiger partial charge >= 0.3 is 0 Å². The number of aryl methyl sites for hydroxylation is 1. The zero-order valence-corrected chi connectivity index (χ0v) is 19.7.